The number of morpholine rings is 1. The monoisotopic (exact) mass is 367 g/mol. The highest BCUT2D eigenvalue weighted by Gasteiger charge is 2.16. The third kappa shape index (κ3) is 4.16. The smallest absolute Gasteiger partial charge is 0.152 e. The Morgan fingerprint density at radius 2 is 1.96 bits per heavy atom. The number of rotatable bonds is 5. The van der Waals surface area contributed by atoms with Gasteiger partial charge in [-0.1, -0.05) is 23.2 Å². The van der Waals surface area contributed by atoms with E-state index in [2.05, 4.69) is 10.00 Å². The molecule has 1 aliphatic heterocycles. The molecule has 2 heterocycles. The molecule has 0 saturated carbocycles. The fraction of sp³-hybridized carbons (Fsp3) is 0.412. The van der Waals surface area contributed by atoms with Gasteiger partial charge in [-0.25, -0.2) is 4.68 Å². The second-order valence-corrected chi connectivity index (χ2v) is 6.71. The number of aryl methyl sites for hydroxylation is 1. The Balaban J connectivity index is 1.69. The Bertz CT molecular complexity index is 739. The zero-order chi connectivity index (χ0) is 17.1. The van der Waals surface area contributed by atoms with Crippen LogP contribution >= 0.6 is 23.2 Å². The summed E-state index contributed by atoms with van der Waals surface area (Å²) in [6.45, 7) is 5.40. The van der Waals surface area contributed by atoms with E-state index >= 15 is 0 Å². The van der Waals surface area contributed by atoms with Crippen LogP contribution in [0.4, 0.5) is 0 Å². The molecule has 7 heteroatoms. The first-order chi connectivity index (χ1) is 11.5. The molecule has 1 saturated heterocycles. The van der Waals surface area contributed by atoms with Crippen molar-refractivity contribution in [3.8, 4) is 5.69 Å². The first kappa shape index (κ1) is 17.4. The fourth-order valence-electron chi connectivity index (χ4n) is 2.77. The molecular weight excluding hydrogens is 349 g/mol. The van der Waals surface area contributed by atoms with Crippen LogP contribution in [-0.4, -0.2) is 53.3 Å². The summed E-state index contributed by atoms with van der Waals surface area (Å²) in [5, 5.41) is 5.52. The average molecular weight is 368 g/mol. The minimum atomic E-state index is 0.163. The van der Waals surface area contributed by atoms with Crippen LogP contribution in [0.25, 0.3) is 5.69 Å². The Morgan fingerprint density at radius 1 is 1.21 bits per heavy atom. The van der Waals surface area contributed by atoms with Crippen LogP contribution in [0.1, 0.15) is 11.4 Å². The zero-order valence-corrected chi connectivity index (χ0v) is 15.0. The maximum atomic E-state index is 12.3. The zero-order valence-electron chi connectivity index (χ0n) is 13.5. The van der Waals surface area contributed by atoms with E-state index in [1.54, 1.807) is 16.8 Å². The summed E-state index contributed by atoms with van der Waals surface area (Å²) in [5.74, 6) is 0.163. The van der Waals surface area contributed by atoms with Crippen molar-refractivity contribution in [1.29, 1.82) is 0 Å². The lowest BCUT2D eigenvalue weighted by molar-refractivity contribution is -0.120. The molecule has 5 nitrogen and oxygen atoms in total. The first-order valence-electron chi connectivity index (χ1n) is 7.85. The summed E-state index contributed by atoms with van der Waals surface area (Å²) in [6, 6.07) is 7.29. The summed E-state index contributed by atoms with van der Waals surface area (Å²) < 4.78 is 7.07. The molecule has 24 heavy (non-hydrogen) atoms. The van der Waals surface area contributed by atoms with Gasteiger partial charge in [-0.2, -0.15) is 5.10 Å². The number of carbonyl (C=O) groups excluding carboxylic acids is 1. The molecule has 0 unspecified atom stereocenters. The molecule has 0 spiro atoms. The molecule has 1 aromatic heterocycles. The van der Waals surface area contributed by atoms with Crippen LogP contribution in [0, 0.1) is 6.92 Å². The van der Waals surface area contributed by atoms with Crippen molar-refractivity contribution in [2.24, 2.45) is 0 Å². The van der Waals surface area contributed by atoms with E-state index < -0.39 is 0 Å². The summed E-state index contributed by atoms with van der Waals surface area (Å²) in [4.78, 5) is 14.4. The molecule has 0 amide bonds. The van der Waals surface area contributed by atoms with Gasteiger partial charge in [-0.3, -0.25) is 9.69 Å². The fourth-order valence-corrected chi connectivity index (χ4v) is 3.06. The van der Waals surface area contributed by atoms with Gasteiger partial charge >= 0.3 is 0 Å². The number of aromatic nitrogens is 2. The molecule has 1 fully saturated rings. The van der Waals surface area contributed by atoms with Crippen molar-refractivity contribution in [2.45, 2.75) is 13.3 Å². The predicted octanol–water partition coefficient (Wildman–Crippen LogP) is 2.93. The molecule has 0 bridgehead atoms. The molecule has 0 atom stereocenters. The van der Waals surface area contributed by atoms with Crippen molar-refractivity contribution < 1.29 is 9.53 Å². The highest BCUT2D eigenvalue weighted by atomic mass is 35.5. The lowest BCUT2D eigenvalue weighted by atomic mass is 10.2. The van der Waals surface area contributed by atoms with Crippen molar-refractivity contribution >= 4 is 29.0 Å². The number of nitrogens with zero attached hydrogens (tertiary/aromatic N) is 3. The number of hydrogen-bond donors (Lipinski definition) is 0. The second kappa shape index (κ2) is 7.66. The van der Waals surface area contributed by atoms with Crippen LogP contribution in [0.3, 0.4) is 0 Å². The van der Waals surface area contributed by atoms with Gasteiger partial charge in [0.15, 0.2) is 5.78 Å². The van der Waals surface area contributed by atoms with E-state index in [-0.39, 0.29) is 5.78 Å². The van der Waals surface area contributed by atoms with Crippen molar-refractivity contribution in [2.75, 3.05) is 32.8 Å². The quantitative estimate of drug-likeness (QED) is 0.814. The van der Waals surface area contributed by atoms with E-state index in [0.717, 1.165) is 30.2 Å². The maximum Gasteiger partial charge on any atom is 0.152 e. The molecular formula is C17H19Cl2N3O2. The Morgan fingerprint density at radius 3 is 2.67 bits per heavy atom. The van der Waals surface area contributed by atoms with Crippen LogP contribution in [-0.2, 0) is 16.0 Å². The highest BCUT2D eigenvalue weighted by Crippen LogP contribution is 2.25. The second-order valence-electron chi connectivity index (χ2n) is 5.89. The minimum Gasteiger partial charge on any atom is -0.379 e. The molecule has 128 valence electrons. The Hall–Kier alpha value is -1.40. The molecule has 0 N–H and O–H groups in total. The van der Waals surface area contributed by atoms with E-state index in [4.69, 9.17) is 27.9 Å². The molecule has 0 aliphatic carbocycles. The maximum absolute atomic E-state index is 12.3. The van der Waals surface area contributed by atoms with Crippen LogP contribution < -0.4 is 0 Å². The van der Waals surface area contributed by atoms with Gasteiger partial charge in [0.2, 0.25) is 0 Å². The number of ketones is 1. The molecule has 2 aromatic rings. The van der Waals surface area contributed by atoms with E-state index in [0.29, 0.717) is 36.2 Å². The van der Waals surface area contributed by atoms with E-state index in [1.807, 2.05) is 19.1 Å². The van der Waals surface area contributed by atoms with E-state index in [1.165, 1.54) is 0 Å². The number of hydrogen-bond acceptors (Lipinski definition) is 4. The lowest BCUT2D eigenvalue weighted by Gasteiger charge is -2.25. The number of benzene rings is 1. The third-order valence-corrected chi connectivity index (χ3v) is 4.71. The molecule has 1 aromatic carbocycles. The van der Waals surface area contributed by atoms with Gasteiger partial charge in [-0.05, 0) is 31.2 Å². The van der Waals surface area contributed by atoms with E-state index in [9.17, 15) is 4.79 Å². The Labute approximate surface area is 151 Å². The van der Waals surface area contributed by atoms with Crippen LogP contribution in [0.5, 0.6) is 0 Å². The Kier molecular flexibility index (Phi) is 5.56. The molecule has 0 radical (unpaired) electrons. The molecule has 1 aliphatic rings. The average Bonchev–Trinajstić information content (AvgIpc) is 2.91. The van der Waals surface area contributed by atoms with Crippen molar-refractivity contribution in [3.63, 3.8) is 0 Å². The summed E-state index contributed by atoms with van der Waals surface area (Å²) >= 11 is 12.0. The van der Waals surface area contributed by atoms with Gasteiger partial charge in [0.1, 0.15) is 0 Å². The van der Waals surface area contributed by atoms with Crippen LogP contribution in [0.2, 0.25) is 10.0 Å². The standard InChI is InChI=1S/C17H19Cl2N3O2/c1-12-8-13(9-15(23)11-21-4-6-24-7-5-21)20-22(12)14-2-3-16(18)17(19)10-14/h2-3,8,10H,4-7,9,11H2,1H3. The number of halogens is 2. The number of carbonyl (C=O) groups is 1. The van der Waals surface area contributed by atoms with Gasteiger partial charge < -0.3 is 4.74 Å². The number of ether oxygens (including phenoxy) is 1. The van der Waals surface area contributed by atoms with Crippen molar-refractivity contribution in [3.05, 3.63) is 45.7 Å². The van der Waals surface area contributed by atoms with Gasteiger partial charge in [0.25, 0.3) is 0 Å². The van der Waals surface area contributed by atoms with Gasteiger partial charge in [-0.15, -0.1) is 0 Å². The van der Waals surface area contributed by atoms with Gasteiger partial charge in [0.05, 0.1) is 47.6 Å². The topological polar surface area (TPSA) is 47.4 Å². The summed E-state index contributed by atoms with van der Waals surface area (Å²) in [6.07, 6.45) is 0.326. The predicted molar refractivity (Wildman–Crippen MR) is 94.3 cm³/mol. The largest absolute Gasteiger partial charge is 0.379 e. The molecule has 3 rings (SSSR count). The third-order valence-electron chi connectivity index (χ3n) is 3.97. The van der Waals surface area contributed by atoms with Gasteiger partial charge in [0, 0.05) is 18.8 Å². The first-order valence-corrected chi connectivity index (χ1v) is 8.61. The lowest BCUT2D eigenvalue weighted by Crippen LogP contribution is -2.39. The summed E-state index contributed by atoms with van der Waals surface area (Å²) in [5.41, 5.74) is 2.54. The summed E-state index contributed by atoms with van der Waals surface area (Å²) in [7, 11) is 0. The number of Topliss-reactive ketones (excluding diaryl/α,β-unsaturated/α-hetero) is 1. The minimum absolute atomic E-state index is 0.163. The SMILES string of the molecule is Cc1cc(CC(=O)CN2CCOCC2)nn1-c1ccc(Cl)c(Cl)c1. The van der Waals surface area contributed by atoms with Crippen LogP contribution in [0.15, 0.2) is 24.3 Å². The van der Waals surface area contributed by atoms with Crippen molar-refractivity contribution in [1.82, 2.24) is 14.7 Å². The highest BCUT2D eigenvalue weighted by molar-refractivity contribution is 6.42. The normalized spacial score (nSPS) is 15.6.